The van der Waals surface area contributed by atoms with Gasteiger partial charge in [0.2, 0.25) is 0 Å². The van der Waals surface area contributed by atoms with Crippen LogP contribution in [0.1, 0.15) is 13.3 Å². The molecule has 0 radical (unpaired) electrons. The van der Waals surface area contributed by atoms with Crippen LogP contribution in [0.25, 0.3) is 0 Å². The Kier molecular flexibility index (Phi) is 2.83. The van der Waals surface area contributed by atoms with Gasteiger partial charge >= 0.3 is 0 Å². The molecule has 3 atom stereocenters. The molecule has 1 N–H and O–H groups in total. The SMILES string of the molecule is CCCN1CC2OC(CO)C(C1)O2. The predicted molar refractivity (Wildman–Crippen MR) is 47.4 cm³/mol. The number of hydrogen-bond acceptors (Lipinski definition) is 4. The van der Waals surface area contributed by atoms with Crippen LogP contribution in [0.4, 0.5) is 0 Å². The Morgan fingerprint density at radius 1 is 1.38 bits per heavy atom. The fourth-order valence-electron chi connectivity index (χ4n) is 2.04. The molecule has 0 aliphatic carbocycles. The summed E-state index contributed by atoms with van der Waals surface area (Å²) >= 11 is 0. The van der Waals surface area contributed by atoms with Gasteiger partial charge in [-0.3, -0.25) is 4.90 Å². The first-order chi connectivity index (χ1) is 6.33. The van der Waals surface area contributed by atoms with Crippen LogP contribution in [-0.4, -0.2) is 54.7 Å². The van der Waals surface area contributed by atoms with E-state index in [1.165, 1.54) is 0 Å². The fraction of sp³-hybridized carbons (Fsp3) is 1.00. The number of fused-ring (bicyclic) bond motifs is 2. The minimum absolute atomic E-state index is 0.0706. The minimum atomic E-state index is -0.109. The third-order valence-electron chi connectivity index (χ3n) is 2.63. The lowest BCUT2D eigenvalue weighted by atomic mass is 10.2. The summed E-state index contributed by atoms with van der Waals surface area (Å²) < 4.78 is 11.1. The molecule has 0 saturated carbocycles. The third-order valence-corrected chi connectivity index (χ3v) is 2.63. The topological polar surface area (TPSA) is 41.9 Å². The van der Waals surface area contributed by atoms with Gasteiger partial charge in [0.1, 0.15) is 12.2 Å². The monoisotopic (exact) mass is 187 g/mol. The normalized spacial score (nSPS) is 39.7. The number of aliphatic hydroxyl groups is 1. The first kappa shape index (κ1) is 9.40. The standard InChI is InChI=1S/C9H17NO3/c1-2-3-10-4-7-8(6-11)13-9(5-10)12-7/h7-9,11H,2-6H2,1H3. The molecular weight excluding hydrogens is 170 g/mol. The van der Waals surface area contributed by atoms with Crippen molar-refractivity contribution >= 4 is 0 Å². The second-order valence-electron chi connectivity index (χ2n) is 3.72. The van der Waals surface area contributed by atoms with Crippen LogP contribution in [0, 0.1) is 0 Å². The van der Waals surface area contributed by atoms with Gasteiger partial charge in [-0.25, -0.2) is 0 Å². The van der Waals surface area contributed by atoms with Gasteiger partial charge in [-0.2, -0.15) is 0 Å². The Bertz CT molecular complexity index is 176. The molecule has 2 bridgehead atoms. The molecule has 0 spiro atoms. The molecule has 2 saturated heterocycles. The maximum absolute atomic E-state index is 9.01. The Morgan fingerprint density at radius 3 is 2.92 bits per heavy atom. The molecular formula is C9H17NO3. The molecule has 2 heterocycles. The van der Waals surface area contributed by atoms with Crippen LogP contribution in [0.15, 0.2) is 0 Å². The van der Waals surface area contributed by atoms with Gasteiger partial charge in [0.05, 0.1) is 6.61 Å². The van der Waals surface area contributed by atoms with E-state index in [2.05, 4.69) is 11.8 Å². The van der Waals surface area contributed by atoms with Crippen LogP contribution in [0.2, 0.25) is 0 Å². The molecule has 76 valence electrons. The summed E-state index contributed by atoms with van der Waals surface area (Å²) in [6.07, 6.45) is 1.02. The van der Waals surface area contributed by atoms with E-state index in [0.29, 0.717) is 0 Å². The Labute approximate surface area is 78.4 Å². The van der Waals surface area contributed by atoms with Gasteiger partial charge < -0.3 is 14.6 Å². The highest BCUT2D eigenvalue weighted by molar-refractivity contribution is 4.85. The summed E-state index contributed by atoms with van der Waals surface area (Å²) in [5.41, 5.74) is 0. The first-order valence-corrected chi connectivity index (χ1v) is 4.97. The Morgan fingerprint density at radius 2 is 2.23 bits per heavy atom. The molecule has 2 aliphatic heterocycles. The van der Waals surface area contributed by atoms with Crippen LogP contribution in [0.5, 0.6) is 0 Å². The lowest BCUT2D eigenvalue weighted by molar-refractivity contribution is -0.111. The van der Waals surface area contributed by atoms with Crippen molar-refractivity contribution in [1.82, 2.24) is 4.90 Å². The van der Waals surface area contributed by atoms with Crippen molar-refractivity contribution in [2.45, 2.75) is 31.8 Å². The molecule has 13 heavy (non-hydrogen) atoms. The van der Waals surface area contributed by atoms with E-state index in [4.69, 9.17) is 14.6 Å². The number of aliphatic hydroxyl groups excluding tert-OH is 1. The van der Waals surface area contributed by atoms with Crippen molar-refractivity contribution in [3.05, 3.63) is 0 Å². The fourth-order valence-corrected chi connectivity index (χ4v) is 2.04. The number of hydrogen-bond donors (Lipinski definition) is 1. The van der Waals surface area contributed by atoms with E-state index in [1.807, 2.05) is 0 Å². The number of rotatable bonds is 3. The second kappa shape index (κ2) is 3.92. The molecule has 3 unspecified atom stereocenters. The van der Waals surface area contributed by atoms with Gasteiger partial charge in [0.25, 0.3) is 0 Å². The molecule has 2 rings (SSSR count). The maximum Gasteiger partial charge on any atom is 0.171 e. The average Bonchev–Trinajstić information content (AvgIpc) is 2.41. The van der Waals surface area contributed by atoms with Crippen LogP contribution >= 0.6 is 0 Å². The first-order valence-electron chi connectivity index (χ1n) is 4.97. The lowest BCUT2D eigenvalue weighted by Crippen LogP contribution is -2.44. The van der Waals surface area contributed by atoms with Crippen LogP contribution in [-0.2, 0) is 9.47 Å². The number of ether oxygens (including phenoxy) is 2. The highest BCUT2D eigenvalue weighted by Gasteiger charge is 2.41. The molecule has 4 heteroatoms. The van der Waals surface area contributed by atoms with Crippen molar-refractivity contribution in [2.75, 3.05) is 26.2 Å². The van der Waals surface area contributed by atoms with E-state index in [9.17, 15) is 0 Å². The zero-order valence-electron chi connectivity index (χ0n) is 7.98. The summed E-state index contributed by atoms with van der Waals surface area (Å²) in [5, 5.41) is 9.01. The van der Waals surface area contributed by atoms with Crippen molar-refractivity contribution in [3.63, 3.8) is 0 Å². The van der Waals surface area contributed by atoms with Crippen molar-refractivity contribution in [1.29, 1.82) is 0 Å². The predicted octanol–water partition coefficient (Wildman–Crippen LogP) is -0.186. The summed E-state index contributed by atoms with van der Waals surface area (Å²) in [6, 6.07) is 0. The van der Waals surface area contributed by atoms with E-state index < -0.39 is 0 Å². The molecule has 0 amide bonds. The summed E-state index contributed by atoms with van der Waals surface area (Å²) in [7, 11) is 0. The highest BCUT2D eigenvalue weighted by Crippen LogP contribution is 2.25. The van der Waals surface area contributed by atoms with Crippen LogP contribution in [0.3, 0.4) is 0 Å². The van der Waals surface area contributed by atoms with Crippen LogP contribution < -0.4 is 0 Å². The molecule has 0 aromatic carbocycles. The smallest absolute Gasteiger partial charge is 0.171 e. The minimum Gasteiger partial charge on any atom is -0.394 e. The largest absolute Gasteiger partial charge is 0.394 e. The highest BCUT2D eigenvalue weighted by atomic mass is 16.7. The lowest BCUT2D eigenvalue weighted by Gasteiger charge is -2.30. The van der Waals surface area contributed by atoms with Gasteiger partial charge in [-0.15, -0.1) is 0 Å². The summed E-state index contributed by atoms with van der Waals surface area (Å²) in [6.45, 7) is 5.08. The van der Waals surface area contributed by atoms with Crippen molar-refractivity contribution in [3.8, 4) is 0 Å². The van der Waals surface area contributed by atoms with E-state index in [1.54, 1.807) is 0 Å². The van der Waals surface area contributed by atoms with Crippen molar-refractivity contribution in [2.24, 2.45) is 0 Å². The average molecular weight is 187 g/mol. The van der Waals surface area contributed by atoms with Gasteiger partial charge in [0.15, 0.2) is 6.29 Å². The Balaban J connectivity index is 1.91. The quantitative estimate of drug-likeness (QED) is 0.665. The zero-order chi connectivity index (χ0) is 9.26. The molecule has 2 aliphatic rings. The van der Waals surface area contributed by atoms with Gasteiger partial charge in [-0.1, -0.05) is 6.92 Å². The van der Waals surface area contributed by atoms with E-state index in [0.717, 1.165) is 26.1 Å². The molecule has 4 nitrogen and oxygen atoms in total. The maximum atomic E-state index is 9.01. The van der Waals surface area contributed by atoms with E-state index >= 15 is 0 Å². The second-order valence-corrected chi connectivity index (χ2v) is 3.72. The third kappa shape index (κ3) is 1.86. The van der Waals surface area contributed by atoms with Gasteiger partial charge in [-0.05, 0) is 13.0 Å². The van der Waals surface area contributed by atoms with Gasteiger partial charge in [0, 0.05) is 13.1 Å². The Hall–Kier alpha value is -0.160. The summed E-state index contributed by atoms with van der Waals surface area (Å²) in [4.78, 5) is 2.34. The van der Waals surface area contributed by atoms with Crippen molar-refractivity contribution < 1.29 is 14.6 Å². The van der Waals surface area contributed by atoms with E-state index in [-0.39, 0.29) is 25.1 Å². The molecule has 0 aromatic rings. The molecule has 2 fully saturated rings. The molecule has 0 aromatic heterocycles. The summed E-state index contributed by atoms with van der Waals surface area (Å²) in [5.74, 6) is 0. The number of morpholine rings is 1. The zero-order valence-corrected chi connectivity index (χ0v) is 7.98. The number of nitrogens with zero attached hydrogens (tertiary/aromatic N) is 1.